The molecule has 1 saturated heterocycles. The van der Waals surface area contributed by atoms with E-state index >= 15 is 0 Å². The average molecular weight is 225 g/mol. The zero-order valence-electron chi connectivity index (χ0n) is 9.81. The maximum Gasteiger partial charge on any atom is 0.244 e. The number of aromatic amines is 1. The van der Waals surface area contributed by atoms with Crippen LogP contribution in [0.1, 0.15) is 26.1 Å². The van der Waals surface area contributed by atoms with Gasteiger partial charge in [0.2, 0.25) is 5.95 Å². The minimum Gasteiger partial charge on any atom is -0.371 e. The Kier molecular flexibility index (Phi) is 3.40. The molecule has 1 aromatic rings. The predicted molar refractivity (Wildman–Crippen MR) is 61.1 cm³/mol. The summed E-state index contributed by atoms with van der Waals surface area (Å²) in [5.74, 6) is 1.50. The lowest BCUT2D eigenvalue weighted by Gasteiger charge is -2.11. The quantitative estimate of drug-likeness (QED) is 0.768. The molecule has 0 saturated carbocycles. The number of rotatable bonds is 4. The van der Waals surface area contributed by atoms with Crippen LogP contribution in [0, 0.1) is 0 Å². The van der Waals surface area contributed by atoms with Gasteiger partial charge in [0, 0.05) is 19.1 Å². The third-order valence-electron chi connectivity index (χ3n) is 2.58. The van der Waals surface area contributed by atoms with Crippen molar-refractivity contribution < 1.29 is 4.74 Å². The Morgan fingerprint density at radius 3 is 3.06 bits per heavy atom. The smallest absolute Gasteiger partial charge is 0.244 e. The minimum absolute atomic E-state index is 0.203. The second kappa shape index (κ2) is 4.80. The molecule has 1 unspecified atom stereocenters. The molecular formula is C10H19N5O. The Labute approximate surface area is 95.2 Å². The largest absolute Gasteiger partial charge is 0.371 e. The lowest BCUT2D eigenvalue weighted by Crippen LogP contribution is -2.27. The molecule has 2 heterocycles. The number of hydrogen-bond donors (Lipinski definition) is 2. The first kappa shape index (κ1) is 11.3. The fourth-order valence-corrected chi connectivity index (χ4v) is 1.71. The van der Waals surface area contributed by atoms with Crippen molar-refractivity contribution in [1.29, 1.82) is 0 Å². The number of nitrogens with one attached hydrogen (secondary N) is 1. The summed E-state index contributed by atoms with van der Waals surface area (Å²) in [5.41, 5.74) is 5.84. The molecule has 0 aliphatic carbocycles. The van der Waals surface area contributed by atoms with Crippen molar-refractivity contribution in [3.05, 3.63) is 5.82 Å². The number of ether oxygens (including phenoxy) is 1. The molecule has 1 aromatic heterocycles. The minimum atomic E-state index is 0.203. The molecule has 0 radical (unpaired) electrons. The van der Waals surface area contributed by atoms with Crippen LogP contribution in [-0.2, 0) is 11.3 Å². The van der Waals surface area contributed by atoms with Crippen LogP contribution in [0.3, 0.4) is 0 Å². The van der Waals surface area contributed by atoms with Crippen LogP contribution in [-0.4, -0.2) is 40.4 Å². The summed E-state index contributed by atoms with van der Waals surface area (Å²) in [4.78, 5) is 6.47. The lowest BCUT2D eigenvalue weighted by molar-refractivity contribution is 0.0615. The number of anilines is 1. The number of nitrogens with zero attached hydrogens (tertiary/aromatic N) is 3. The number of hydrogen-bond acceptors (Lipinski definition) is 5. The summed E-state index contributed by atoms with van der Waals surface area (Å²) in [5, 5.41) is 7.05. The molecule has 1 fully saturated rings. The highest BCUT2D eigenvalue weighted by Gasteiger charge is 2.22. The fourth-order valence-electron chi connectivity index (χ4n) is 1.71. The van der Waals surface area contributed by atoms with Crippen LogP contribution >= 0.6 is 0 Å². The third-order valence-corrected chi connectivity index (χ3v) is 2.58. The average Bonchev–Trinajstić information content (AvgIpc) is 2.83. The Morgan fingerprint density at radius 1 is 1.62 bits per heavy atom. The maximum atomic E-state index is 5.84. The summed E-state index contributed by atoms with van der Waals surface area (Å²) in [7, 11) is 0. The first-order chi connectivity index (χ1) is 7.65. The van der Waals surface area contributed by atoms with Crippen molar-refractivity contribution in [2.45, 2.75) is 39.0 Å². The topological polar surface area (TPSA) is 80.1 Å². The van der Waals surface area contributed by atoms with E-state index in [1.807, 2.05) is 13.8 Å². The van der Waals surface area contributed by atoms with Crippen molar-refractivity contribution in [3.63, 3.8) is 0 Å². The molecule has 0 aromatic carbocycles. The summed E-state index contributed by atoms with van der Waals surface area (Å²) < 4.78 is 5.45. The van der Waals surface area contributed by atoms with Crippen molar-refractivity contribution in [2.24, 2.45) is 5.73 Å². The lowest BCUT2D eigenvalue weighted by atomic mass is 10.3. The second-order valence-corrected chi connectivity index (χ2v) is 4.44. The van der Waals surface area contributed by atoms with Crippen LogP contribution < -0.4 is 10.6 Å². The van der Waals surface area contributed by atoms with Gasteiger partial charge < -0.3 is 15.4 Å². The van der Waals surface area contributed by atoms with Crippen molar-refractivity contribution >= 4 is 5.95 Å². The molecule has 3 N–H and O–H groups in total. The van der Waals surface area contributed by atoms with Gasteiger partial charge in [-0.1, -0.05) is 0 Å². The van der Waals surface area contributed by atoms with Gasteiger partial charge in [-0.25, -0.2) is 0 Å². The molecule has 6 nitrogen and oxygen atoms in total. The molecule has 1 aliphatic rings. The Morgan fingerprint density at radius 2 is 2.44 bits per heavy atom. The van der Waals surface area contributed by atoms with E-state index in [4.69, 9.17) is 10.5 Å². The SMILES string of the molecule is CC(C)OCc1nc(N2CCC(N)C2)n[nH]1. The van der Waals surface area contributed by atoms with Gasteiger partial charge in [0.25, 0.3) is 0 Å². The van der Waals surface area contributed by atoms with E-state index in [0.717, 1.165) is 31.3 Å². The van der Waals surface area contributed by atoms with Crippen LogP contribution in [0.25, 0.3) is 0 Å². The Bertz CT molecular complexity index is 338. The molecule has 90 valence electrons. The highest BCUT2D eigenvalue weighted by atomic mass is 16.5. The first-order valence-corrected chi connectivity index (χ1v) is 5.68. The third kappa shape index (κ3) is 2.70. The van der Waals surface area contributed by atoms with Gasteiger partial charge in [-0.15, -0.1) is 5.10 Å². The Balaban J connectivity index is 1.91. The van der Waals surface area contributed by atoms with Crippen molar-refractivity contribution in [1.82, 2.24) is 15.2 Å². The van der Waals surface area contributed by atoms with Gasteiger partial charge in [0.05, 0.1) is 6.10 Å². The normalized spacial score (nSPS) is 21.0. The van der Waals surface area contributed by atoms with E-state index in [9.17, 15) is 0 Å². The molecule has 0 amide bonds. The molecule has 0 bridgehead atoms. The monoisotopic (exact) mass is 225 g/mol. The number of H-pyrrole nitrogens is 1. The van der Waals surface area contributed by atoms with E-state index in [-0.39, 0.29) is 12.1 Å². The highest BCUT2D eigenvalue weighted by molar-refractivity contribution is 5.31. The van der Waals surface area contributed by atoms with Gasteiger partial charge in [0.15, 0.2) is 5.82 Å². The van der Waals surface area contributed by atoms with E-state index in [1.54, 1.807) is 0 Å². The zero-order chi connectivity index (χ0) is 11.5. The van der Waals surface area contributed by atoms with E-state index < -0.39 is 0 Å². The van der Waals surface area contributed by atoms with Crippen LogP contribution in [0.4, 0.5) is 5.95 Å². The molecule has 1 atom stereocenters. The highest BCUT2D eigenvalue weighted by Crippen LogP contribution is 2.14. The van der Waals surface area contributed by atoms with Gasteiger partial charge >= 0.3 is 0 Å². The van der Waals surface area contributed by atoms with E-state index in [1.165, 1.54) is 0 Å². The Hall–Kier alpha value is -1.14. The summed E-state index contributed by atoms with van der Waals surface area (Å²) in [6, 6.07) is 0.244. The molecule has 6 heteroatoms. The number of aromatic nitrogens is 3. The second-order valence-electron chi connectivity index (χ2n) is 4.44. The summed E-state index contributed by atoms with van der Waals surface area (Å²) >= 11 is 0. The number of nitrogens with two attached hydrogens (primary N) is 1. The van der Waals surface area contributed by atoms with Crippen LogP contribution in [0.2, 0.25) is 0 Å². The molecule has 1 aliphatic heterocycles. The van der Waals surface area contributed by atoms with Crippen molar-refractivity contribution in [3.8, 4) is 0 Å². The first-order valence-electron chi connectivity index (χ1n) is 5.68. The van der Waals surface area contributed by atoms with Crippen LogP contribution in [0.5, 0.6) is 0 Å². The molecular weight excluding hydrogens is 206 g/mol. The van der Waals surface area contributed by atoms with Gasteiger partial charge in [-0.05, 0) is 20.3 Å². The molecule has 0 spiro atoms. The van der Waals surface area contributed by atoms with Gasteiger partial charge in [0.1, 0.15) is 6.61 Å². The van der Waals surface area contributed by atoms with Gasteiger partial charge in [-0.3, -0.25) is 5.10 Å². The van der Waals surface area contributed by atoms with Crippen molar-refractivity contribution in [2.75, 3.05) is 18.0 Å². The molecule has 2 rings (SSSR count). The van der Waals surface area contributed by atoms with Crippen LogP contribution in [0.15, 0.2) is 0 Å². The van der Waals surface area contributed by atoms with E-state index in [2.05, 4.69) is 20.1 Å². The van der Waals surface area contributed by atoms with E-state index in [0.29, 0.717) is 6.61 Å². The predicted octanol–water partition coefficient (Wildman–Crippen LogP) is 0.267. The zero-order valence-corrected chi connectivity index (χ0v) is 9.81. The summed E-state index contributed by atoms with van der Waals surface area (Å²) in [6.45, 7) is 6.24. The standard InChI is InChI=1S/C10H19N5O/c1-7(2)16-6-9-12-10(14-13-9)15-4-3-8(11)5-15/h7-8H,3-6,11H2,1-2H3,(H,12,13,14). The fraction of sp³-hybridized carbons (Fsp3) is 0.800. The summed E-state index contributed by atoms with van der Waals surface area (Å²) in [6.07, 6.45) is 1.21. The maximum absolute atomic E-state index is 5.84. The molecule has 16 heavy (non-hydrogen) atoms. The van der Waals surface area contributed by atoms with Gasteiger partial charge in [-0.2, -0.15) is 4.98 Å².